The van der Waals surface area contributed by atoms with Crippen molar-refractivity contribution in [2.75, 3.05) is 0 Å². The van der Waals surface area contributed by atoms with Crippen molar-refractivity contribution in [1.29, 1.82) is 0 Å². The molecule has 40 heavy (non-hydrogen) atoms. The Bertz CT molecular complexity index is 1360. The molecule has 1 aromatic heterocycles. The number of nitrogens with zero attached hydrogens (tertiary/aromatic N) is 4. The smallest absolute Gasteiger partial charge is 0.224 e. The van der Waals surface area contributed by atoms with Crippen LogP contribution in [-0.2, 0) is 16.6 Å². The number of aliphatic hydroxyl groups is 1. The lowest BCUT2D eigenvalue weighted by molar-refractivity contribution is -0.150. The second kappa shape index (κ2) is 10.6. The second-order valence-corrected chi connectivity index (χ2v) is 18.5. The highest BCUT2D eigenvalue weighted by Crippen LogP contribution is 2.58. The molecule has 1 aliphatic rings. The highest BCUT2D eigenvalue weighted by molar-refractivity contribution is 8.01. The van der Waals surface area contributed by atoms with E-state index in [2.05, 4.69) is 122 Å². The van der Waals surface area contributed by atoms with Gasteiger partial charge in [-0.25, -0.2) is 0 Å². The second-order valence-electron chi connectivity index (χ2n) is 12.1. The van der Waals surface area contributed by atoms with Crippen molar-refractivity contribution in [2.45, 2.75) is 55.1 Å². The van der Waals surface area contributed by atoms with Gasteiger partial charge in [0.2, 0.25) is 5.91 Å². The molecule has 1 saturated heterocycles. The highest BCUT2D eigenvalue weighted by Gasteiger charge is 2.62. The largest absolute Gasteiger partial charge is 0.386 e. The zero-order chi connectivity index (χ0) is 28.7. The normalized spacial score (nSPS) is 18.9. The van der Waals surface area contributed by atoms with Crippen LogP contribution in [0.3, 0.4) is 0 Å². The van der Waals surface area contributed by atoms with Gasteiger partial charge >= 0.3 is 0 Å². The number of hydrogen-bond donors (Lipinski definition) is 1. The Labute approximate surface area is 242 Å². The Morgan fingerprint density at radius 3 is 1.68 bits per heavy atom. The van der Waals surface area contributed by atoms with E-state index in [9.17, 15) is 9.90 Å². The predicted octanol–water partition coefficient (Wildman–Crippen LogP) is 6.36. The van der Waals surface area contributed by atoms with Crippen LogP contribution in [0.5, 0.6) is 0 Å². The van der Waals surface area contributed by atoms with E-state index in [-0.39, 0.29) is 16.3 Å². The molecule has 0 bridgehead atoms. The van der Waals surface area contributed by atoms with E-state index in [4.69, 9.17) is 0 Å². The number of aryl methyl sites for hydroxylation is 1. The molecule has 208 valence electrons. The molecule has 5 rings (SSSR count). The lowest BCUT2D eigenvalue weighted by Crippen LogP contribution is -2.73. The molecule has 0 aliphatic carbocycles. The zero-order valence-electron chi connectivity index (χ0n) is 24.0. The Morgan fingerprint density at radius 2 is 1.30 bits per heavy atom. The standard InChI is InChI=1S/C32H38N4O2SSi/c1-31(2,3)40(5,6)36-29(38)27(28(37)26-22-35(4)34-33-26)30(36)39-32(23-16-10-7-11-17-23,24-18-12-8-13-19-24)25-20-14-9-15-21-25/h7-22,27-28,30,37H,1-6H3. The van der Waals surface area contributed by atoms with Crippen LogP contribution in [0.15, 0.2) is 97.2 Å². The van der Waals surface area contributed by atoms with E-state index < -0.39 is 25.0 Å². The molecular formula is C32H38N4O2SSi. The molecule has 0 saturated carbocycles. The van der Waals surface area contributed by atoms with Crippen molar-refractivity contribution in [3.8, 4) is 0 Å². The molecular weight excluding hydrogens is 533 g/mol. The number of thioether (sulfide) groups is 1. The molecule has 0 radical (unpaired) electrons. The van der Waals surface area contributed by atoms with Crippen molar-refractivity contribution >= 4 is 25.9 Å². The minimum absolute atomic E-state index is 0.00895. The molecule has 8 heteroatoms. The first kappa shape index (κ1) is 28.3. The van der Waals surface area contributed by atoms with E-state index in [0.29, 0.717) is 5.69 Å². The number of amides is 1. The molecule has 3 unspecified atom stereocenters. The molecule has 6 nitrogen and oxygen atoms in total. The minimum Gasteiger partial charge on any atom is -0.386 e. The molecule has 4 aromatic rings. The Morgan fingerprint density at radius 1 is 0.850 bits per heavy atom. The van der Waals surface area contributed by atoms with Gasteiger partial charge in [0.05, 0.1) is 22.2 Å². The number of rotatable bonds is 8. The monoisotopic (exact) mass is 570 g/mol. The molecule has 3 aromatic carbocycles. The summed E-state index contributed by atoms with van der Waals surface area (Å²) in [5, 5.41) is 19.5. The summed E-state index contributed by atoms with van der Waals surface area (Å²) < 4.78 is 3.07. The molecule has 1 N–H and O–H groups in total. The van der Waals surface area contributed by atoms with Gasteiger partial charge in [-0.3, -0.25) is 9.48 Å². The van der Waals surface area contributed by atoms with Gasteiger partial charge in [0.15, 0.2) is 8.24 Å². The first-order valence-electron chi connectivity index (χ1n) is 13.7. The van der Waals surface area contributed by atoms with Crippen LogP contribution in [0, 0.1) is 5.92 Å². The number of aliphatic hydroxyl groups excluding tert-OH is 1. The van der Waals surface area contributed by atoms with Gasteiger partial charge in [-0.05, 0) is 21.7 Å². The number of aromatic nitrogens is 3. The van der Waals surface area contributed by atoms with Crippen LogP contribution in [0.2, 0.25) is 18.1 Å². The Balaban J connectivity index is 1.72. The van der Waals surface area contributed by atoms with Gasteiger partial charge < -0.3 is 9.67 Å². The maximum atomic E-state index is 14.1. The van der Waals surface area contributed by atoms with Gasteiger partial charge in [0.25, 0.3) is 0 Å². The van der Waals surface area contributed by atoms with Gasteiger partial charge in [0.1, 0.15) is 11.8 Å². The first-order chi connectivity index (χ1) is 19.0. The summed E-state index contributed by atoms with van der Waals surface area (Å²) in [5.41, 5.74) is 3.80. The summed E-state index contributed by atoms with van der Waals surface area (Å²) in [5.74, 6) is -0.656. The first-order valence-corrected chi connectivity index (χ1v) is 17.5. The maximum Gasteiger partial charge on any atom is 0.224 e. The van der Waals surface area contributed by atoms with Crippen LogP contribution in [0.4, 0.5) is 0 Å². The third kappa shape index (κ3) is 4.72. The number of hydrogen-bond acceptors (Lipinski definition) is 5. The fourth-order valence-electron chi connectivity index (χ4n) is 5.45. The summed E-state index contributed by atoms with van der Waals surface area (Å²) in [6.07, 6.45) is 0.646. The Hall–Kier alpha value is -3.20. The van der Waals surface area contributed by atoms with E-state index in [1.54, 1.807) is 29.7 Å². The van der Waals surface area contributed by atoms with Crippen molar-refractivity contribution < 1.29 is 9.90 Å². The quantitative estimate of drug-likeness (QED) is 0.152. The molecule has 0 spiro atoms. The summed E-state index contributed by atoms with van der Waals surface area (Å²) in [6, 6.07) is 31.5. The molecule has 3 atom stereocenters. The number of benzene rings is 3. The molecule has 1 aliphatic heterocycles. The third-order valence-corrected chi connectivity index (χ3v) is 16.0. The van der Waals surface area contributed by atoms with Crippen molar-refractivity contribution in [3.63, 3.8) is 0 Å². The number of carbonyl (C=O) groups excluding carboxylic acids is 1. The Kier molecular flexibility index (Phi) is 7.54. The van der Waals surface area contributed by atoms with Gasteiger partial charge in [-0.2, -0.15) is 0 Å². The van der Waals surface area contributed by atoms with Crippen LogP contribution in [-0.4, -0.2) is 44.2 Å². The van der Waals surface area contributed by atoms with Crippen molar-refractivity contribution in [2.24, 2.45) is 13.0 Å². The zero-order valence-corrected chi connectivity index (χ0v) is 25.8. The van der Waals surface area contributed by atoms with Crippen molar-refractivity contribution in [1.82, 2.24) is 19.6 Å². The maximum absolute atomic E-state index is 14.1. The minimum atomic E-state index is -2.32. The van der Waals surface area contributed by atoms with E-state index in [1.807, 2.05) is 18.2 Å². The summed E-state index contributed by atoms with van der Waals surface area (Å²) in [7, 11) is -0.554. The van der Waals surface area contributed by atoms with Crippen LogP contribution < -0.4 is 0 Å². The number of β-lactam (4-membered cyclic amide) rings is 1. The summed E-state index contributed by atoms with van der Waals surface area (Å²) in [6.45, 7) is 11.2. The molecule has 1 fully saturated rings. The van der Waals surface area contributed by atoms with Crippen LogP contribution in [0.25, 0.3) is 0 Å². The molecule has 2 heterocycles. The van der Waals surface area contributed by atoms with Crippen molar-refractivity contribution in [3.05, 3.63) is 120 Å². The lowest BCUT2D eigenvalue weighted by atomic mass is 9.84. The summed E-state index contributed by atoms with van der Waals surface area (Å²) >= 11 is 1.76. The van der Waals surface area contributed by atoms with E-state index >= 15 is 0 Å². The van der Waals surface area contributed by atoms with Crippen LogP contribution >= 0.6 is 11.8 Å². The number of carbonyl (C=O) groups is 1. The summed E-state index contributed by atoms with van der Waals surface area (Å²) in [4.78, 5) is 14.1. The van der Waals surface area contributed by atoms with Gasteiger partial charge in [-0.15, -0.1) is 16.9 Å². The SMILES string of the molecule is Cn1cc(C(O)C2C(=O)N([Si](C)(C)C(C)(C)C)C2SC(c2ccccc2)(c2ccccc2)c2ccccc2)nn1. The van der Waals surface area contributed by atoms with Gasteiger partial charge in [-0.1, -0.05) is 130 Å². The van der Waals surface area contributed by atoms with E-state index in [0.717, 1.165) is 16.7 Å². The average Bonchev–Trinajstić information content (AvgIpc) is 3.38. The van der Waals surface area contributed by atoms with Gasteiger partial charge in [0, 0.05) is 7.05 Å². The molecule has 1 amide bonds. The van der Waals surface area contributed by atoms with Crippen LogP contribution in [0.1, 0.15) is 49.3 Å². The predicted molar refractivity (Wildman–Crippen MR) is 164 cm³/mol. The van der Waals surface area contributed by atoms with E-state index in [1.165, 1.54) is 0 Å². The lowest BCUT2D eigenvalue weighted by Gasteiger charge is -2.60. The fourth-order valence-corrected chi connectivity index (χ4v) is 10.4. The fraction of sp³-hybridized carbons (Fsp3) is 0.344. The topological polar surface area (TPSA) is 71.2 Å². The average molecular weight is 571 g/mol. The highest BCUT2D eigenvalue weighted by atomic mass is 32.2. The third-order valence-electron chi connectivity index (χ3n) is 8.62.